The molecule has 0 spiro atoms. The van der Waals surface area contributed by atoms with Gasteiger partial charge < -0.3 is 4.74 Å². The topological polar surface area (TPSA) is 93.8 Å². The van der Waals surface area contributed by atoms with Gasteiger partial charge in [-0.1, -0.05) is 11.6 Å². The molecule has 1 aromatic rings. The summed E-state index contributed by atoms with van der Waals surface area (Å²) in [5.41, 5.74) is 2.35. The number of ether oxygens (including phenoxy) is 1. The number of rotatable bonds is 4. The molecule has 0 heterocycles. The van der Waals surface area contributed by atoms with Gasteiger partial charge in [-0.25, -0.2) is 4.79 Å². The second kappa shape index (κ2) is 5.97. The third-order valence-corrected chi connectivity index (χ3v) is 2.22. The Kier molecular flexibility index (Phi) is 4.61. The summed E-state index contributed by atoms with van der Waals surface area (Å²) in [7, 11) is 1.21. The Hall–Kier alpha value is -2.15. The highest BCUT2D eigenvalue weighted by atomic mass is 35.5. The first-order valence-corrected chi connectivity index (χ1v) is 5.16. The first-order valence-electron chi connectivity index (χ1n) is 4.78. The lowest BCUT2D eigenvalue weighted by atomic mass is 10.3. The van der Waals surface area contributed by atoms with Crippen LogP contribution in [0.5, 0.6) is 0 Å². The highest BCUT2D eigenvalue weighted by Crippen LogP contribution is 2.27. The van der Waals surface area contributed by atoms with Gasteiger partial charge in [0.2, 0.25) is 0 Å². The van der Waals surface area contributed by atoms with Crippen molar-refractivity contribution in [2.45, 2.75) is 6.92 Å². The van der Waals surface area contributed by atoms with E-state index in [2.05, 4.69) is 15.3 Å². The SMILES string of the molecule is COC(=O)/C(C)=N\Nc1cc(Cl)ccc1[N+](=O)[O-]. The zero-order chi connectivity index (χ0) is 13.7. The molecule has 1 N–H and O–H groups in total. The Morgan fingerprint density at radius 2 is 2.22 bits per heavy atom. The van der Waals surface area contributed by atoms with Gasteiger partial charge in [0.1, 0.15) is 11.4 Å². The molecular weight excluding hydrogens is 262 g/mol. The predicted molar refractivity (Wildman–Crippen MR) is 66.9 cm³/mol. The van der Waals surface area contributed by atoms with Crippen molar-refractivity contribution in [2.24, 2.45) is 5.10 Å². The minimum absolute atomic E-state index is 0.0340. The van der Waals surface area contributed by atoms with Crippen molar-refractivity contribution in [1.29, 1.82) is 0 Å². The summed E-state index contributed by atoms with van der Waals surface area (Å²) < 4.78 is 4.43. The summed E-state index contributed by atoms with van der Waals surface area (Å²) >= 11 is 5.72. The minimum Gasteiger partial charge on any atom is -0.464 e. The van der Waals surface area contributed by atoms with Gasteiger partial charge in [-0.2, -0.15) is 5.10 Å². The van der Waals surface area contributed by atoms with Crippen LogP contribution in [0.3, 0.4) is 0 Å². The number of carbonyl (C=O) groups is 1. The van der Waals surface area contributed by atoms with E-state index in [-0.39, 0.29) is 17.1 Å². The molecule has 0 aliphatic carbocycles. The van der Waals surface area contributed by atoms with Crippen LogP contribution in [-0.2, 0) is 9.53 Å². The molecule has 1 rings (SSSR count). The van der Waals surface area contributed by atoms with Crippen molar-refractivity contribution in [3.63, 3.8) is 0 Å². The summed E-state index contributed by atoms with van der Waals surface area (Å²) in [5, 5.41) is 14.7. The molecule has 8 heteroatoms. The number of nitrogens with one attached hydrogen (secondary N) is 1. The van der Waals surface area contributed by atoms with Gasteiger partial charge in [0.05, 0.1) is 12.0 Å². The van der Waals surface area contributed by atoms with Gasteiger partial charge in [0, 0.05) is 11.1 Å². The lowest BCUT2D eigenvalue weighted by Gasteiger charge is -2.03. The maximum atomic E-state index is 11.1. The summed E-state index contributed by atoms with van der Waals surface area (Å²) in [6.07, 6.45) is 0. The van der Waals surface area contributed by atoms with Crippen LogP contribution >= 0.6 is 11.6 Å². The fraction of sp³-hybridized carbons (Fsp3) is 0.200. The number of carbonyl (C=O) groups excluding carboxylic acids is 1. The molecule has 0 aliphatic heterocycles. The van der Waals surface area contributed by atoms with Crippen LogP contribution in [0.4, 0.5) is 11.4 Å². The number of methoxy groups -OCH3 is 1. The predicted octanol–water partition coefficient (Wildman–Crippen LogP) is 2.21. The van der Waals surface area contributed by atoms with Gasteiger partial charge >= 0.3 is 5.97 Å². The van der Waals surface area contributed by atoms with E-state index in [0.29, 0.717) is 5.02 Å². The number of hydrazone groups is 1. The highest BCUT2D eigenvalue weighted by molar-refractivity contribution is 6.35. The quantitative estimate of drug-likeness (QED) is 0.392. The molecule has 0 fully saturated rings. The fourth-order valence-corrected chi connectivity index (χ4v) is 1.27. The molecule has 0 unspecified atom stereocenters. The standard InChI is InChI=1S/C10H10ClN3O4/c1-6(10(15)18-2)12-13-8-5-7(11)3-4-9(8)14(16)17/h3-5,13H,1-2H3/b12-6-. The van der Waals surface area contributed by atoms with Crippen molar-refractivity contribution < 1.29 is 14.5 Å². The molecule has 0 bridgehead atoms. The maximum absolute atomic E-state index is 11.1. The fourth-order valence-electron chi connectivity index (χ4n) is 1.09. The van der Waals surface area contributed by atoms with Crippen LogP contribution in [0, 0.1) is 10.1 Å². The number of esters is 1. The molecule has 0 saturated carbocycles. The molecule has 0 aromatic heterocycles. The van der Waals surface area contributed by atoms with Crippen LogP contribution in [-0.4, -0.2) is 23.7 Å². The molecule has 0 radical (unpaired) electrons. The number of hydrogen-bond donors (Lipinski definition) is 1. The number of anilines is 1. The lowest BCUT2D eigenvalue weighted by Crippen LogP contribution is -2.13. The molecule has 0 aliphatic rings. The Morgan fingerprint density at radius 1 is 1.56 bits per heavy atom. The van der Waals surface area contributed by atoms with Crippen molar-refractivity contribution in [3.05, 3.63) is 33.3 Å². The molecule has 18 heavy (non-hydrogen) atoms. The van der Waals surface area contributed by atoms with Crippen molar-refractivity contribution in [1.82, 2.24) is 0 Å². The summed E-state index contributed by atoms with van der Waals surface area (Å²) in [6.45, 7) is 1.41. The highest BCUT2D eigenvalue weighted by Gasteiger charge is 2.14. The molecule has 0 atom stereocenters. The number of nitro groups is 1. The smallest absolute Gasteiger partial charge is 0.353 e. The van der Waals surface area contributed by atoms with Gasteiger partial charge in [-0.05, 0) is 19.1 Å². The summed E-state index contributed by atoms with van der Waals surface area (Å²) in [4.78, 5) is 21.2. The Bertz CT molecular complexity index is 516. The number of hydrogen-bond acceptors (Lipinski definition) is 6. The van der Waals surface area contributed by atoms with E-state index in [1.807, 2.05) is 0 Å². The monoisotopic (exact) mass is 271 g/mol. The normalized spacial score (nSPS) is 10.9. The van der Waals surface area contributed by atoms with Gasteiger partial charge in [-0.15, -0.1) is 0 Å². The number of nitrogens with zero attached hydrogens (tertiary/aromatic N) is 2. The average Bonchev–Trinajstić information content (AvgIpc) is 2.34. The summed E-state index contributed by atoms with van der Waals surface area (Å²) in [6, 6.07) is 3.98. The van der Waals surface area contributed by atoms with Crippen LogP contribution < -0.4 is 5.43 Å². The molecule has 0 amide bonds. The van der Waals surface area contributed by atoms with E-state index >= 15 is 0 Å². The van der Waals surface area contributed by atoms with Crippen molar-refractivity contribution in [2.75, 3.05) is 12.5 Å². The number of nitro benzene ring substituents is 1. The third kappa shape index (κ3) is 3.42. The zero-order valence-electron chi connectivity index (χ0n) is 9.64. The van der Waals surface area contributed by atoms with Crippen LogP contribution in [0.1, 0.15) is 6.92 Å². The Labute approximate surface area is 108 Å². The third-order valence-electron chi connectivity index (χ3n) is 1.98. The zero-order valence-corrected chi connectivity index (χ0v) is 10.4. The van der Waals surface area contributed by atoms with Crippen LogP contribution in [0.2, 0.25) is 5.02 Å². The molecular formula is C10H10ClN3O4. The first kappa shape index (κ1) is 13.9. The molecule has 7 nitrogen and oxygen atoms in total. The largest absolute Gasteiger partial charge is 0.464 e. The van der Waals surface area contributed by atoms with Crippen LogP contribution in [0.25, 0.3) is 0 Å². The number of benzene rings is 1. The van der Waals surface area contributed by atoms with Gasteiger partial charge in [-0.3, -0.25) is 15.5 Å². The van der Waals surface area contributed by atoms with Crippen molar-refractivity contribution >= 4 is 34.7 Å². The Balaban J connectivity index is 3.00. The average molecular weight is 272 g/mol. The first-order chi connectivity index (χ1) is 8.45. The Morgan fingerprint density at radius 3 is 2.78 bits per heavy atom. The second-order valence-electron chi connectivity index (χ2n) is 3.22. The van der Waals surface area contributed by atoms with E-state index in [1.54, 1.807) is 0 Å². The van der Waals surface area contributed by atoms with E-state index in [0.717, 1.165) is 0 Å². The van der Waals surface area contributed by atoms with E-state index < -0.39 is 10.9 Å². The summed E-state index contributed by atoms with van der Waals surface area (Å²) in [5.74, 6) is -0.632. The number of halogens is 1. The van der Waals surface area contributed by atoms with E-state index in [4.69, 9.17) is 11.6 Å². The second-order valence-corrected chi connectivity index (χ2v) is 3.66. The maximum Gasteiger partial charge on any atom is 0.353 e. The van der Waals surface area contributed by atoms with E-state index in [1.165, 1.54) is 32.2 Å². The van der Waals surface area contributed by atoms with Gasteiger partial charge in [0.25, 0.3) is 5.69 Å². The molecule has 0 saturated heterocycles. The lowest BCUT2D eigenvalue weighted by molar-refractivity contribution is -0.384. The molecule has 1 aromatic carbocycles. The van der Waals surface area contributed by atoms with E-state index in [9.17, 15) is 14.9 Å². The minimum atomic E-state index is -0.632. The molecule has 96 valence electrons. The van der Waals surface area contributed by atoms with Gasteiger partial charge in [0.15, 0.2) is 0 Å². The van der Waals surface area contributed by atoms with Crippen molar-refractivity contribution in [3.8, 4) is 0 Å². The van der Waals surface area contributed by atoms with Crippen LogP contribution in [0.15, 0.2) is 23.3 Å².